The molecular formula is C24H33NO5S2. The minimum atomic E-state index is -1.06. The Morgan fingerprint density at radius 3 is 2.50 bits per heavy atom. The van der Waals surface area contributed by atoms with Crippen molar-refractivity contribution in [2.24, 2.45) is 0 Å². The second kappa shape index (κ2) is 13.5. The van der Waals surface area contributed by atoms with Gasteiger partial charge in [0.05, 0.1) is 18.1 Å². The van der Waals surface area contributed by atoms with Gasteiger partial charge in [-0.25, -0.2) is 4.79 Å². The van der Waals surface area contributed by atoms with Gasteiger partial charge in [-0.3, -0.25) is 9.69 Å². The Labute approximate surface area is 200 Å². The number of carboxylic acid groups (broad SMARTS) is 1. The summed E-state index contributed by atoms with van der Waals surface area (Å²) in [5, 5.41) is 9.40. The van der Waals surface area contributed by atoms with Crippen LogP contribution in [0.25, 0.3) is 6.08 Å². The maximum absolute atomic E-state index is 12.8. The van der Waals surface area contributed by atoms with Gasteiger partial charge in [-0.1, -0.05) is 76.0 Å². The molecule has 1 N–H and O–H groups in total. The fraction of sp³-hybridized carbons (Fsp3) is 0.542. The molecule has 0 aromatic heterocycles. The number of carbonyl (C=O) groups excluding carboxylic acids is 1. The number of thioether (sulfide) groups is 1. The molecule has 1 aromatic rings. The highest BCUT2D eigenvalue weighted by atomic mass is 32.2. The standard InChI is InChI=1S/C24H33NO5S2/c1-4-7-8-9-10-11-14-30-19-13-12-17(15-20(19)29-6-3)16-21-22(26)25(24(31)32-21)18(5-2)23(27)28/h12-13,15-16,18H,4-11,14H2,1-3H3,(H,27,28)/b21-16+/t18-/m0/s1. The lowest BCUT2D eigenvalue weighted by Gasteiger charge is -2.21. The molecule has 1 fully saturated rings. The van der Waals surface area contributed by atoms with Gasteiger partial charge in [-0.05, 0) is 43.5 Å². The highest BCUT2D eigenvalue weighted by Gasteiger charge is 2.39. The van der Waals surface area contributed by atoms with E-state index in [4.69, 9.17) is 21.7 Å². The van der Waals surface area contributed by atoms with Crippen molar-refractivity contribution in [2.75, 3.05) is 13.2 Å². The number of thiocarbonyl (C=S) groups is 1. The number of amides is 1. The van der Waals surface area contributed by atoms with Crippen molar-refractivity contribution in [1.29, 1.82) is 0 Å². The maximum Gasteiger partial charge on any atom is 0.326 e. The molecule has 0 aliphatic carbocycles. The zero-order chi connectivity index (χ0) is 23.5. The summed E-state index contributed by atoms with van der Waals surface area (Å²) < 4.78 is 11.9. The molecule has 176 valence electrons. The van der Waals surface area contributed by atoms with Crippen LogP contribution < -0.4 is 9.47 Å². The third kappa shape index (κ3) is 7.24. The van der Waals surface area contributed by atoms with E-state index in [1.165, 1.54) is 30.6 Å². The van der Waals surface area contributed by atoms with Gasteiger partial charge in [0.2, 0.25) is 0 Å². The van der Waals surface area contributed by atoms with Crippen molar-refractivity contribution in [2.45, 2.75) is 71.8 Å². The molecule has 32 heavy (non-hydrogen) atoms. The smallest absolute Gasteiger partial charge is 0.326 e. The van der Waals surface area contributed by atoms with Crippen LogP contribution in [0.5, 0.6) is 11.5 Å². The van der Waals surface area contributed by atoms with Crippen LogP contribution in [0.4, 0.5) is 0 Å². The minimum absolute atomic E-state index is 0.263. The van der Waals surface area contributed by atoms with Gasteiger partial charge in [0.25, 0.3) is 5.91 Å². The molecule has 2 rings (SSSR count). The average molecular weight is 480 g/mol. The number of carbonyl (C=O) groups is 2. The van der Waals surface area contributed by atoms with Crippen LogP contribution in [0, 0.1) is 0 Å². The van der Waals surface area contributed by atoms with Crippen molar-refractivity contribution >= 4 is 46.3 Å². The average Bonchev–Trinajstić information content (AvgIpc) is 3.03. The third-order valence-corrected chi connectivity index (χ3v) is 6.46. The summed E-state index contributed by atoms with van der Waals surface area (Å²) in [7, 11) is 0. The van der Waals surface area contributed by atoms with E-state index in [2.05, 4.69) is 6.92 Å². The summed E-state index contributed by atoms with van der Waals surface area (Å²) in [5.74, 6) is -0.132. The first kappa shape index (κ1) is 26.2. The monoisotopic (exact) mass is 479 g/mol. The van der Waals surface area contributed by atoms with Crippen LogP contribution in [0.3, 0.4) is 0 Å². The second-order valence-corrected chi connectivity index (χ2v) is 9.25. The van der Waals surface area contributed by atoms with Crippen LogP contribution in [0.1, 0.15) is 71.3 Å². The Balaban J connectivity index is 2.08. The quantitative estimate of drug-likeness (QED) is 0.203. The third-order valence-electron chi connectivity index (χ3n) is 5.13. The van der Waals surface area contributed by atoms with Crippen LogP contribution in [-0.2, 0) is 9.59 Å². The Bertz CT molecular complexity index is 840. The summed E-state index contributed by atoms with van der Waals surface area (Å²) in [6.07, 6.45) is 9.18. The molecule has 1 atom stereocenters. The lowest BCUT2D eigenvalue weighted by Crippen LogP contribution is -2.43. The van der Waals surface area contributed by atoms with Gasteiger partial charge in [-0.15, -0.1) is 0 Å². The molecule has 0 unspecified atom stereocenters. The molecule has 0 radical (unpaired) electrons. The molecule has 0 saturated carbocycles. The number of benzene rings is 1. The van der Waals surface area contributed by atoms with E-state index in [0.29, 0.717) is 29.6 Å². The van der Waals surface area contributed by atoms with E-state index in [-0.39, 0.29) is 16.6 Å². The fourth-order valence-corrected chi connectivity index (χ4v) is 4.79. The van der Waals surface area contributed by atoms with E-state index >= 15 is 0 Å². The van der Waals surface area contributed by atoms with E-state index in [0.717, 1.165) is 30.2 Å². The van der Waals surface area contributed by atoms with Crippen LogP contribution in [0.15, 0.2) is 23.1 Å². The number of ether oxygens (including phenoxy) is 2. The van der Waals surface area contributed by atoms with Crippen molar-refractivity contribution in [3.05, 3.63) is 28.7 Å². The van der Waals surface area contributed by atoms with Crippen molar-refractivity contribution in [1.82, 2.24) is 4.90 Å². The lowest BCUT2D eigenvalue weighted by molar-refractivity contribution is -0.145. The van der Waals surface area contributed by atoms with Gasteiger partial charge in [-0.2, -0.15) is 0 Å². The number of carboxylic acids is 1. The van der Waals surface area contributed by atoms with E-state index in [1.807, 2.05) is 25.1 Å². The van der Waals surface area contributed by atoms with Crippen molar-refractivity contribution in [3.63, 3.8) is 0 Å². The second-order valence-electron chi connectivity index (χ2n) is 7.57. The first-order valence-corrected chi connectivity index (χ1v) is 12.5. The van der Waals surface area contributed by atoms with E-state index in [9.17, 15) is 14.7 Å². The molecule has 1 aliphatic heterocycles. The number of rotatable bonds is 14. The summed E-state index contributed by atoms with van der Waals surface area (Å²) >= 11 is 6.39. The summed E-state index contributed by atoms with van der Waals surface area (Å²) in [6.45, 7) is 6.97. The predicted octanol–water partition coefficient (Wildman–Crippen LogP) is 5.89. The Hall–Kier alpha value is -2.06. The van der Waals surface area contributed by atoms with Crippen LogP contribution in [0.2, 0.25) is 0 Å². The normalized spacial score (nSPS) is 16.0. The Morgan fingerprint density at radius 2 is 1.84 bits per heavy atom. The zero-order valence-corrected chi connectivity index (χ0v) is 20.7. The largest absolute Gasteiger partial charge is 0.490 e. The van der Waals surface area contributed by atoms with Gasteiger partial charge < -0.3 is 14.6 Å². The van der Waals surface area contributed by atoms with E-state index < -0.39 is 12.0 Å². The molecule has 1 saturated heterocycles. The van der Waals surface area contributed by atoms with Crippen LogP contribution in [-0.4, -0.2) is 45.5 Å². The maximum atomic E-state index is 12.8. The number of hydrogen-bond acceptors (Lipinski definition) is 6. The van der Waals surface area contributed by atoms with Gasteiger partial charge in [0.1, 0.15) is 10.4 Å². The first-order valence-electron chi connectivity index (χ1n) is 11.3. The van der Waals surface area contributed by atoms with Crippen molar-refractivity contribution in [3.8, 4) is 11.5 Å². The summed E-state index contributed by atoms with van der Waals surface area (Å²) in [6, 6.07) is 4.59. The molecule has 1 aromatic carbocycles. The SMILES string of the molecule is CCCCCCCCOc1ccc(/C=C2/SC(=S)N([C@@H](CC)C(=O)O)C2=O)cc1OCC. The summed E-state index contributed by atoms with van der Waals surface area (Å²) in [4.78, 5) is 25.9. The summed E-state index contributed by atoms with van der Waals surface area (Å²) in [5.41, 5.74) is 0.768. The van der Waals surface area contributed by atoms with Gasteiger partial charge in [0.15, 0.2) is 11.5 Å². The molecule has 1 heterocycles. The highest BCUT2D eigenvalue weighted by molar-refractivity contribution is 8.26. The van der Waals surface area contributed by atoms with Crippen molar-refractivity contribution < 1.29 is 24.2 Å². The molecule has 0 bridgehead atoms. The zero-order valence-electron chi connectivity index (χ0n) is 19.1. The topological polar surface area (TPSA) is 76.1 Å². The van der Waals surface area contributed by atoms with Gasteiger partial charge >= 0.3 is 5.97 Å². The number of aliphatic carboxylic acids is 1. The fourth-order valence-electron chi connectivity index (χ4n) is 3.43. The van der Waals surface area contributed by atoms with Gasteiger partial charge in [0, 0.05) is 0 Å². The number of hydrogen-bond donors (Lipinski definition) is 1. The minimum Gasteiger partial charge on any atom is -0.490 e. The van der Waals surface area contributed by atoms with Crippen LogP contribution >= 0.6 is 24.0 Å². The molecule has 6 nitrogen and oxygen atoms in total. The number of unbranched alkanes of at least 4 members (excludes halogenated alkanes) is 5. The first-order chi connectivity index (χ1) is 15.4. The highest BCUT2D eigenvalue weighted by Crippen LogP contribution is 2.36. The molecule has 8 heteroatoms. The Morgan fingerprint density at radius 1 is 1.12 bits per heavy atom. The van der Waals surface area contributed by atoms with E-state index in [1.54, 1.807) is 13.0 Å². The Kier molecular flexibility index (Phi) is 11.0. The molecule has 0 spiro atoms. The predicted molar refractivity (Wildman–Crippen MR) is 133 cm³/mol. The molecule has 1 aliphatic rings. The molecule has 1 amide bonds. The lowest BCUT2D eigenvalue weighted by atomic mass is 10.1. The molecular weight excluding hydrogens is 446 g/mol. The number of nitrogens with zero attached hydrogens (tertiary/aromatic N) is 1.